The molecule has 0 spiro atoms. The molecule has 3 rings (SSSR count). The quantitative estimate of drug-likeness (QED) is 0.656. The lowest BCUT2D eigenvalue weighted by Gasteiger charge is -2.13. The van der Waals surface area contributed by atoms with Gasteiger partial charge in [-0.3, -0.25) is 4.57 Å². The number of benzene rings is 1. The predicted octanol–water partition coefficient (Wildman–Crippen LogP) is 4.34. The van der Waals surface area contributed by atoms with Crippen LogP contribution in [0.4, 0.5) is 0 Å². The highest BCUT2D eigenvalue weighted by atomic mass is 35.5. The predicted molar refractivity (Wildman–Crippen MR) is 82.6 cm³/mol. The molecule has 2 aromatic heterocycles. The summed E-state index contributed by atoms with van der Waals surface area (Å²) in [6.07, 6.45) is 1.78. The van der Waals surface area contributed by atoms with Crippen molar-refractivity contribution in [3.05, 3.63) is 53.5 Å². The van der Waals surface area contributed by atoms with Crippen LogP contribution in [0.15, 0.2) is 36.5 Å². The molecular weight excluding hydrogens is 270 g/mol. The summed E-state index contributed by atoms with van der Waals surface area (Å²) in [5, 5.41) is -0.176. The Morgan fingerprint density at radius 1 is 1.20 bits per heavy atom. The van der Waals surface area contributed by atoms with Crippen molar-refractivity contribution >= 4 is 22.8 Å². The highest BCUT2D eigenvalue weighted by molar-refractivity contribution is 6.20. The van der Waals surface area contributed by atoms with Crippen LogP contribution in [-0.4, -0.2) is 14.5 Å². The van der Waals surface area contributed by atoms with E-state index in [0.29, 0.717) is 0 Å². The molecule has 20 heavy (non-hydrogen) atoms. The normalized spacial score (nSPS) is 12.8. The standard InChI is InChI=1S/C16H16ClN3/c1-10-6-7-14(11(2)9-10)20-15(12(3)17)19-13-5-4-8-18-16(13)20/h4-9,12H,1-3H3. The average molecular weight is 286 g/mol. The number of fused-ring (bicyclic) bond motifs is 1. The van der Waals surface area contributed by atoms with Gasteiger partial charge < -0.3 is 0 Å². The molecule has 2 heterocycles. The number of alkyl halides is 1. The summed E-state index contributed by atoms with van der Waals surface area (Å²) in [5.74, 6) is 0.826. The van der Waals surface area contributed by atoms with Crippen LogP contribution >= 0.6 is 11.6 Å². The zero-order valence-electron chi connectivity index (χ0n) is 11.8. The third-order valence-electron chi connectivity index (χ3n) is 3.39. The van der Waals surface area contributed by atoms with E-state index < -0.39 is 0 Å². The fourth-order valence-electron chi connectivity index (χ4n) is 2.49. The Balaban J connectivity index is 2.36. The number of aryl methyl sites for hydroxylation is 2. The molecule has 102 valence electrons. The van der Waals surface area contributed by atoms with Crippen molar-refractivity contribution in [2.75, 3.05) is 0 Å². The Kier molecular flexibility index (Phi) is 3.22. The van der Waals surface area contributed by atoms with Crippen molar-refractivity contribution in [2.45, 2.75) is 26.1 Å². The molecule has 0 aliphatic rings. The first-order chi connectivity index (χ1) is 9.58. The number of halogens is 1. The summed E-state index contributed by atoms with van der Waals surface area (Å²) in [5.41, 5.74) is 5.23. The van der Waals surface area contributed by atoms with E-state index in [1.807, 2.05) is 19.1 Å². The van der Waals surface area contributed by atoms with Gasteiger partial charge in [-0.05, 0) is 44.5 Å². The molecule has 1 unspecified atom stereocenters. The van der Waals surface area contributed by atoms with Crippen LogP contribution in [0.1, 0.15) is 29.3 Å². The maximum atomic E-state index is 6.30. The number of rotatable bonds is 2. The second kappa shape index (κ2) is 4.91. The van der Waals surface area contributed by atoms with E-state index in [2.05, 4.69) is 46.6 Å². The topological polar surface area (TPSA) is 30.7 Å². The smallest absolute Gasteiger partial charge is 0.164 e. The Bertz CT molecular complexity index is 774. The Morgan fingerprint density at radius 2 is 2.00 bits per heavy atom. The van der Waals surface area contributed by atoms with Gasteiger partial charge in [0.05, 0.1) is 11.1 Å². The number of hydrogen-bond acceptors (Lipinski definition) is 2. The Hall–Kier alpha value is -1.87. The molecule has 3 nitrogen and oxygen atoms in total. The largest absolute Gasteiger partial charge is 0.279 e. The zero-order chi connectivity index (χ0) is 14.3. The van der Waals surface area contributed by atoms with Crippen molar-refractivity contribution in [1.29, 1.82) is 0 Å². The molecular formula is C16H16ClN3. The molecule has 0 fully saturated rings. The third kappa shape index (κ3) is 2.08. The molecule has 4 heteroatoms. The summed E-state index contributed by atoms with van der Waals surface area (Å²) < 4.78 is 2.06. The second-order valence-corrected chi connectivity index (χ2v) is 5.71. The minimum atomic E-state index is -0.176. The van der Waals surface area contributed by atoms with Gasteiger partial charge in [-0.1, -0.05) is 17.7 Å². The van der Waals surface area contributed by atoms with Crippen molar-refractivity contribution in [1.82, 2.24) is 14.5 Å². The molecule has 3 aromatic rings. The second-order valence-electron chi connectivity index (χ2n) is 5.06. The van der Waals surface area contributed by atoms with E-state index in [9.17, 15) is 0 Å². The lowest BCUT2D eigenvalue weighted by Crippen LogP contribution is -2.04. The van der Waals surface area contributed by atoms with Gasteiger partial charge in [-0.15, -0.1) is 11.6 Å². The zero-order valence-corrected chi connectivity index (χ0v) is 12.5. The van der Waals surface area contributed by atoms with E-state index in [-0.39, 0.29) is 5.38 Å². The fraction of sp³-hybridized carbons (Fsp3) is 0.250. The van der Waals surface area contributed by atoms with Crippen LogP contribution in [0.2, 0.25) is 0 Å². The molecule has 0 saturated heterocycles. The maximum absolute atomic E-state index is 6.30. The summed E-state index contributed by atoms with van der Waals surface area (Å²) in [6.45, 7) is 6.12. The summed E-state index contributed by atoms with van der Waals surface area (Å²) in [7, 11) is 0. The molecule has 0 saturated carbocycles. The number of pyridine rings is 1. The number of nitrogens with zero attached hydrogens (tertiary/aromatic N) is 3. The fourth-order valence-corrected chi connectivity index (χ4v) is 2.64. The van der Waals surface area contributed by atoms with Crippen molar-refractivity contribution < 1.29 is 0 Å². The molecule has 0 bridgehead atoms. The highest BCUT2D eigenvalue weighted by Gasteiger charge is 2.18. The van der Waals surface area contributed by atoms with Crippen molar-refractivity contribution in [3.8, 4) is 5.69 Å². The van der Waals surface area contributed by atoms with Gasteiger partial charge in [0.15, 0.2) is 5.65 Å². The number of hydrogen-bond donors (Lipinski definition) is 0. The van der Waals surface area contributed by atoms with Gasteiger partial charge in [-0.25, -0.2) is 9.97 Å². The van der Waals surface area contributed by atoms with Crippen LogP contribution in [0.3, 0.4) is 0 Å². The first kappa shape index (κ1) is 13.1. The first-order valence-electron chi connectivity index (χ1n) is 6.63. The average Bonchev–Trinajstić information content (AvgIpc) is 2.78. The summed E-state index contributed by atoms with van der Waals surface area (Å²) >= 11 is 6.30. The Morgan fingerprint density at radius 3 is 2.70 bits per heavy atom. The summed E-state index contributed by atoms with van der Waals surface area (Å²) in [4.78, 5) is 9.09. The van der Waals surface area contributed by atoms with Gasteiger partial charge in [0.2, 0.25) is 0 Å². The van der Waals surface area contributed by atoms with E-state index >= 15 is 0 Å². The van der Waals surface area contributed by atoms with E-state index in [1.54, 1.807) is 6.20 Å². The van der Waals surface area contributed by atoms with Crippen LogP contribution < -0.4 is 0 Å². The van der Waals surface area contributed by atoms with Gasteiger partial charge in [0.25, 0.3) is 0 Å². The molecule has 1 aromatic carbocycles. The van der Waals surface area contributed by atoms with E-state index in [0.717, 1.165) is 22.7 Å². The SMILES string of the molecule is Cc1ccc(-n2c(C(C)Cl)nc3cccnc32)c(C)c1. The van der Waals surface area contributed by atoms with Crippen molar-refractivity contribution in [3.63, 3.8) is 0 Å². The third-order valence-corrected chi connectivity index (χ3v) is 3.59. The molecule has 0 aliphatic heterocycles. The lowest BCUT2D eigenvalue weighted by atomic mass is 10.1. The van der Waals surface area contributed by atoms with E-state index in [4.69, 9.17) is 11.6 Å². The molecule has 0 aliphatic carbocycles. The van der Waals surface area contributed by atoms with Crippen LogP contribution in [0.25, 0.3) is 16.9 Å². The minimum Gasteiger partial charge on any atom is -0.279 e. The molecule has 0 radical (unpaired) electrons. The van der Waals surface area contributed by atoms with Gasteiger partial charge >= 0.3 is 0 Å². The molecule has 0 amide bonds. The highest BCUT2D eigenvalue weighted by Crippen LogP contribution is 2.28. The molecule has 1 atom stereocenters. The van der Waals surface area contributed by atoms with Gasteiger partial charge in [0.1, 0.15) is 11.3 Å². The first-order valence-corrected chi connectivity index (χ1v) is 7.06. The van der Waals surface area contributed by atoms with E-state index in [1.165, 1.54) is 11.1 Å². The number of imidazole rings is 1. The van der Waals surface area contributed by atoms with Crippen LogP contribution in [0.5, 0.6) is 0 Å². The van der Waals surface area contributed by atoms with Crippen LogP contribution in [-0.2, 0) is 0 Å². The van der Waals surface area contributed by atoms with Crippen molar-refractivity contribution in [2.24, 2.45) is 0 Å². The monoisotopic (exact) mass is 285 g/mol. The van der Waals surface area contributed by atoms with Crippen LogP contribution in [0, 0.1) is 13.8 Å². The van der Waals surface area contributed by atoms with Gasteiger partial charge in [-0.2, -0.15) is 0 Å². The lowest BCUT2D eigenvalue weighted by molar-refractivity contribution is 0.872. The Labute approximate surface area is 123 Å². The minimum absolute atomic E-state index is 0.176. The number of aromatic nitrogens is 3. The maximum Gasteiger partial charge on any atom is 0.164 e. The van der Waals surface area contributed by atoms with Gasteiger partial charge in [0, 0.05) is 6.20 Å². The summed E-state index contributed by atoms with van der Waals surface area (Å²) in [6, 6.07) is 10.2. The molecule has 0 N–H and O–H groups in total.